The standard InChI is InChI=1S/C13H13Cl2N3/c1-18(8-9-2-4-17-5-3-9)13-7-11(15)10(14)6-12(13)16/h2-7H,8,16H2,1H3. The average molecular weight is 282 g/mol. The fourth-order valence-corrected chi connectivity index (χ4v) is 2.06. The van der Waals surface area contributed by atoms with Gasteiger partial charge in [0.2, 0.25) is 0 Å². The van der Waals surface area contributed by atoms with Gasteiger partial charge in [-0.2, -0.15) is 0 Å². The molecule has 3 nitrogen and oxygen atoms in total. The van der Waals surface area contributed by atoms with E-state index in [9.17, 15) is 0 Å². The average Bonchev–Trinajstić information content (AvgIpc) is 2.35. The van der Waals surface area contributed by atoms with Crippen LogP contribution in [0.4, 0.5) is 11.4 Å². The number of benzene rings is 1. The molecule has 0 saturated carbocycles. The SMILES string of the molecule is CN(Cc1ccncc1)c1cc(Cl)c(Cl)cc1N. The molecule has 0 radical (unpaired) electrons. The minimum absolute atomic E-state index is 0.468. The number of nitrogens with two attached hydrogens (primary N) is 1. The smallest absolute Gasteiger partial charge is 0.0616 e. The number of pyridine rings is 1. The van der Waals surface area contributed by atoms with E-state index in [1.54, 1.807) is 24.5 Å². The summed E-state index contributed by atoms with van der Waals surface area (Å²) in [5.41, 5.74) is 8.57. The number of nitrogens with zero attached hydrogens (tertiary/aromatic N) is 2. The van der Waals surface area contributed by atoms with E-state index < -0.39 is 0 Å². The summed E-state index contributed by atoms with van der Waals surface area (Å²) in [6.07, 6.45) is 3.53. The second kappa shape index (κ2) is 5.46. The molecule has 5 heteroatoms. The third-order valence-corrected chi connectivity index (χ3v) is 3.37. The fourth-order valence-electron chi connectivity index (χ4n) is 1.73. The van der Waals surface area contributed by atoms with Gasteiger partial charge in [-0.25, -0.2) is 0 Å². The zero-order chi connectivity index (χ0) is 13.1. The van der Waals surface area contributed by atoms with Crippen LogP contribution < -0.4 is 10.6 Å². The lowest BCUT2D eigenvalue weighted by atomic mass is 10.2. The third kappa shape index (κ3) is 2.86. The molecule has 0 amide bonds. The number of anilines is 2. The number of nitrogen functional groups attached to an aromatic ring is 1. The quantitative estimate of drug-likeness (QED) is 0.874. The van der Waals surface area contributed by atoms with Crippen molar-refractivity contribution < 1.29 is 0 Å². The summed E-state index contributed by atoms with van der Waals surface area (Å²) >= 11 is 11.9. The predicted octanol–water partition coefficient (Wildman–Crippen LogP) is 3.61. The van der Waals surface area contributed by atoms with Crippen molar-refractivity contribution in [1.29, 1.82) is 0 Å². The molecule has 0 fully saturated rings. The lowest BCUT2D eigenvalue weighted by Crippen LogP contribution is -2.17. The Morgan fingerprint density at radius 3 is 2.44 bits per heavy atom. The van der Waals surface area contributed by atoms with Gasteiger partial charge in [0.05, 0.1) is 21.4 Å². The lowest BCUT2D eigenvalue weighted by molar-refractivity contribution is 0.921. The molecule has 0 aliphatic rings. The molecule has 0 aliphatic heterocycles. The van der Waals surface area contributed by atoms with Crippen LogP contribution in [0.25, 0.3) is 0 Å². The first-order chi connectivity index (χ1) is 8.58. The van der Waals surface area contributed by atoms with Crippen molar-refractivity contribution in [2.45, 2.75) is 6.54 Å². The summed E-state index contributed by atoms with van der Waals surface area (Å²) in [6.45, 7) is 0.727. The van der Waals surface area contributed by atoms with Crippen molar-refractivity contribution in [3.63, 3.8) is 0 Å². The summed E-state index contributed by atoms with van der Waals surface area (Å²) < 4.78 is 0. The number of hydrogen-bond acceptors (Lipinski definition) is 3. The highest BCUT2D eigenvalue weighted by molar-refractivity contribution is 6.42. The number of aromatic nitrogens is 1. The number of hydrogen-bond donors (Lipinski definition) is 1. The van der Waals surface area contributed by atoms with E-state index in [1.807, 2.05) is 24.1 Å². The Hall–Kier alpha value is -1.45. The Morgan fingerprint density at radius 1 is 1.17 bits per heavy atom. The Kier molecular flexibility index (Phi) is 3.94. The molecule has 0 spiro atoms. The van der Waals surface area contributed by atoms with Gasteiger partial charge >= 0.3 is 0 Å². The fraction of sp³-hybridized carbons (Fsp3) is 0.154. The van der Waals surface area contributed by atoms with Crippen LogP contribution in [0.5, 0.6) is 0 Å². The molecule has 1 heterocycles. The van der Waals surface area contributed by atoms with Gasteiger partial charge in [0.1, 0.15) is 0 Å². The van der Waals surface area contributed by atoms with Gasteiger partial charge in [-0.15, -0.1) is 0 Å². The van der Waals surface area contributed by atoms with E-state index in [1.165, 1.54) is 0 Å². The maximum absolute atomic E-state index is 6.01. The first kappa shape index (κ1) is 13.0. The van der Waals surface area contributed by atoms with Crippen LogP contribution in [0.3, 0.4) is 0 Å². The van der Waals surface area contributed by atoms with Crippen molar-refractivity contribution in [2.24, 2.45) is 0 Å². The van der Waals surface area contributed by atoms with Gasteiger partial charge in [-0.05, 0) is 29.8 Å². The van der Waals surface area contributed by atoms with E-state index in [0.29, 0.717) is 15.7 Å². The van der Waals surface area contributed by atoms with Crippen LogP contribution in [0, 0.1) is 0 Å². The van der Waals surface area contributed by atoms with Gasteiger partial charge in [0.25, 0.3) is 0 Å². The molecule has 0 unspecified atom stereocenters. The van der Waals surface area contributed by atoms with Crippen LogP contribution in [-0.2, 0) is 6.54 Å². The maximum Gasteiger partial charge on any atom is 0.0616 e. The van der Waals surface area contributed by atoms with E-state index in [4.69, 9.17) is 28.9 Å². The highest BCUT2D eigenvalue weighted by atomic mass is 35.5. The van der Waals surface area contributed by atoms with Crippen LogP contribution in [0.2, 0.25) is 10.0 Å². The van der Waals surface area contributed by atoms with Gasteiger partial charge in [0.15, 0.2) is 0 Å². The van der Waals surface area contributed by atoms with E-state index in [-0.39, 0.29) is 0 Å². The van der Waals surface area contributed by atoms with Gasteiger partial charge in [-0.3, -0.25) is 4.98 Å². The van der Waals surface area contributed by atoms with E-state index in [0.717, 1.165) is 17.8 Å². The van der Waals surface area contributed by atoms with Crippen molar-refractivity contribution in [1.82, 2.24) is 4.98 Å². The molecular weight excluding hydrogens is 269 g/mol. The Labute approximate surface area is 116 Å². The second-order valence-electron chi connectivity index (χ2n) is 4.04. The molecule has 1 aromatic carbocycles. The van der Waals surface area contributed by atoms with Crippen LogP contribution in [0.1, 0.15) is 5.56 Å². The molecule has 2 aromatic rings. The van der Waals surface area contributed by atoms with E-state index in [2.05, 4.69) is 4.98 Å². The molecule has 94 valence electrons. The first-order valence-corrected chi connectivity index (χ1v) is 6.18. The van der Waals surface area contributed by atoms with Crippen LogP contribution in [0.15, 0.2) is 36.7 Å². The third-order valence-electron chi connectivity index (χ3n) is 2.65. The normalized spacial score (nSPS) is 10.4. The van der Waals surface area contributed by atoms with E-state index >= 15 is 0 Å². The molecule has 18 heavy (non-hydrogen) atoms. The Balaban J connectivity index is 2.24. The minimum atomic E-state index is 0.468. The summed E-state index contributed by atoms with van der Waals surface area (Å²) in [7, 11) is 1.95. The first-order valence-electron chi connectivity index (χ1n) is 5.42. The maximum atomic E-state index is 6.01. The zero-order valence-corrected chi connectivity index (χ0v) is 11.4. The zero-order valence-electron chi connectivity index (χ0n) is 9.90. The van der Waals surface area contributed by atoms with Gasteiger partial charge < -0.3 is 10.6 Å². The summed E-state index contributed by atoms with van der Waals surface area (Å²) in [6, 6.07) is 7.37. The molecule has 2 N–H and O–H groups in total. The Morgan fingerprint density at radius 2 is 1.78 bits per heavy atom. The summed E-state index contributed by atoms with van der Waals surface area (Å²) in [4.78, 5) is 6.01. The van der Waals surface area contributed by atoms with Crippen LogP contribution in [-0.4, -0.2) is 12.0 Å². The number of rotatable bonds is 3. The Bertz CT molecular complexity index is 543. The molecule has 1 aromatic heterocycles. The highest BCUT2D eigenvalue weighted by Gasteiger charge is 2.09. The predicted molar refractivity (Wildman–Crippen MR) is 77.2 cm³/mol. The monoisotopic (exact) mass is 281 g/mol. The molecule has 0 bridgehead atoms. The molecule has 2 rings (SSSR count). The number of halogens is 2. The largest absolute Gasteiger partial charge is 0.397 e. The van der Waals surface area contributed by atoms with Gasteiger partial charge in [-0.1, -0.05) is 23.2 Å². The minimum Gasteiger partial charge on any atom is -0.397 e. The van der Waals surface area contributed by atoms with Crippen LogP contribution >= 0.6 is 23.2 Å². The summed E-state index contributed by atoms with van der Waals surface area (Å²) in [5.74, 6) is 0. The summed E-state index contributed by atoms with van der Waals surface area (Å²) in [5, 5.41) is 0.970. The molecule has 0 saturated heterocycles. The highest BCUT2D eigenvalue weighted by Crippen LogP contribution is 2.33. The lowest BCUT2D eigenvalue weighted by Gasteiger charge is -2.21. The molecule has 0 atom stereocenters. The topological polar surface area (TPSA) is 42.2 Å². The van der Waals surface area contributed by atoms with Crippen molar-refractivity contribution >= 4 is 34.6 Å². The van der Waals surface area contributed by atoms with Gasteiger partial charge in [0, 0.05) is 26.0 Å². The molecular formula is C13H13Cl2N3. The second-order valence-corrected chi connectivity index (χ2v) is 4.85. The van der Waals surface area contributed by atoms with Crippen molar-refractivity contribution in [3.05, 3.63) is 52.3 Å². The van der Waals surface area contributed by atoms with Crippen molar-refractivity contribution in [2.75, 3.05) is 17.7 Å². The van der Waals surface area contributed by atoms with Crippen molar-refractivity contribution in [3.8, 4) is 0 Å². The molecule has 0 aliphatic carbocycles.